The molecule has 2 N–H and O–H groups in total. The van der Waals surface area contributed by atoms with Gasteiger partial charge in [-0.1, -0.05) is 0 Å². The second-order valence-corrected chi connectivity index (χ2v) is 7.39. The summed E-state index contributed by atoms with van der Waals surface area (Å²) >= 11 is 0. The van der Waals surface area contributed by atoms with Crippen LogP contribution in [0.4, 0.5) is 19.1 Å². The minimum absolute atomic E-state index is 0.0192. The van der Waals surface area contributed by atoms with E-state index in [-0.39, 0.29) is 24.3 Å². The Balaban J connectivity index is 1.68. The molecule has 1 aromatic heterocycles. The van der Waals surface area contributed by atoms with Gasteiger partial charge in [-0.15, -0.1) is 0 Å². The van der Waals surface area contributed by atoms with Crippen LogP contribution in [-0.2, 0) is 11.0 Å². The number of anilines is 1. The predicted octanol–water partition coefficient (Wildman–Crippen LogP) is 4.02. The van der Waals surface area contributed by atoms with Crippen molar-refractivity contribution in [1.29, 1.82) is 0 Å². The molecule has 0 atom stereocenters. The third-order valence-corrected chi connectivity index (χ3v) is 5.48. The Labute approximate surface area is 148 Å². The molecule has 2 fully saturated rings. The average Bonchev–Trinajstić information content (AvgIpc) is 2.80. The zero-order chi connectivity index (χ0) is 18.5. The molecule has 5 nitrogen and oxygen atoms in total. The van der Waals surface area contributed by atoms with Gasteiger partial charge in [0.25, 0.3) is 0 Å². The van der Waals surface area contributed by atoms with Gasteiger partial charge >= 0.3 is 6.18 Å². The number of aliphatic hydroxyl groups is 1. The third-order valence-electron chi connectivity index (χ3n) is 5.48. The van der Waals surface area contributed by atoms with Gasteiger partial charge in [0, 0.05) is 6.04 Å². The molecule has 8 heteroatoms. The first kappa shape index (κ1) is 17.3. The first-order valence-corrected chi connectivity index (χ1v) is 8.87. The third kappa shape index (κ3) is 3.06. The zero-order valence-electron chi connectivity index (χ0n) is 14.1. The molecule has 26 heavy (non-hydrogen) atoms. The van der Waals surface area contributed by atoms with E-state index in [2.05, 4.69) is 10.3 Å². The van der Waals surface area contributed by atoms with E-state index >= 15 is 0 Å². The number of carbonyl (C=O) groups is 1. The van der Waals surface area contributed by atoms with Crippen LogP contribution < -0.4 is 5.32 Å². The molecule has 140 valence electrons. The summed E-state index contributed by atoms with van der Waals surface area (Å²) in [6, 6.07) is 3.46. The Bertz CT molecular complexity index is 851. The molecule has 2 aromatic rings. The molecule has 4 rings (SSSR count). The molecule has 0 radical (unpaired) electrons. The molecule has 0 unspecified atom stereocenters. The van der Waals surface area contributed by atoms with Crippen LogP contribution in [0.2, 0.25) is 0 Å². The second-order valence-electron chi connectivity index (χ2n) is 7.39. The monoisotopic (exact) mass is 367 g/mol. The lowest BCUT2D eigenvalue weighted by molar-refractivity contribution is -0.137. The van der Waals surface area contributed by atoms with Crippen molar-refractivity contribution >= 4 is 22.9 Å². The van der Waals surface area contributed by atoms with Crippen LogP contribution in [0.15, 0.2) is 18.2 Å². The Hall–Kier alpha value is -2.09. The van der Waals surface area contributed by atoms with E-state index in [1.54, 1.807) is 4.57 Å². The Morgan fingerprint density at radius 3 is 2.58 bits per heavy atom. The number of imidazole rings is 1. The molecule has 0 aliphatic heterocycles. The predicted molar refractivity (Wildman–Crippen MR) is 89.7 cm³/mol. The standard InChI is InChI=1S/C18H20F3N3O2/c19-18(20,21)11-5-6-13-14(9-11)24(12-3-1-4-12)16(22-13)23-15(25)10-17(26)7-2-8-17/h5-6,9,12,26H,1-4,7-8,10H2,(H,22,23,25). The fourth-order valence-electron chi connectivity index (χ4n) is 3.60. The molecular weight excluding hydrogens is 347 g/mol. The van der Waals surface area contributed by atoms with Gasteiger partial charge in [-0.3, -0.25) is 10.1 Å². The number of hydrogen-bond acceptors (Lipinski definition) is 3. The summed E-state index contributed by atoms with van der Waals surface area (Å²) < 4.78 is 40.9. The molecule has 0 saturated heterocycles. The summed E-state index contributed by atoms with van der Waals surface area (Å²) in [5.74, 6) is -0.101. The van der Waals surface area contributed by atoms with Gasteiger partial charge < -0.3 is 9.67 Å². The van der Waals surface area contributed by atoms with Crippen LogP contribution in [0.5, 0.6) is 0 Å². The van der Waals surface area contributed by atoms with E-state index in [1.807, 2.05) is 0 Å². The lowest BCUT2D eigenvalue weighted by Crippen LogP contribution is -2.40. The number of halogens is 3. The van der Waals surface area contributed by atoms with Gasteiger partial charge in [-0.05, 0) is 56.7 Å². The van der Waals surface area contributed by atoms with Crippen LogP contribution >= 0.6 is 0 Å². The van der Waals surface area contributed by atoms with Gasteiger partial charge in [0.2, 0.25) is 11.9 Å². The highest BCUT2D eigenvalue weighted by Crippen LogP contribution is 2.40. The van der Waals surface area contributed by atoms with Crippen molar-refractivity contribution in [2.45, 2.75) is 62.8 Å². The Morgan fingerprint density at radius 2 is 2.04 bits per heavy atom. The molecule has 2 aliphatic carbocycles. The number of fused-ring (bicyclic) bond motifs is 1. The van der Waals surface area contributed by atoms with E-state index in [9.17, 15) is 23.1 Å². The van der Waals surface area contributed by atoms with Crippen molar-refractivity contribution in [3.63, 3.8) is 0 Å². The number of benzene rings is 1. The van der Waals surface area contributed by atoms with Gasteiger partial charge in [-0.25, -0.2) is 4.98 Å². The highest BCUT2D eigenvalue weighted by atomic mass is 19.4. The molecular formula is C18H20F3N3O2. The zero-order valence-corrected chi connectivity index (χ0v) is 14.1. The van der Waals surface area contributed by atoms with E-state index < -0.39 is 17.3 Å². The first-order valence-electron chi connectivity index (χ1n) is 8.87. The second kappa shape index (κ2) is 5.97. The number of carbonyl (C=O) groups excluding carboxylic acids is 1. The maximum absolute atomic E-state index is 13.1. The summed E-state index contributed by atoms with van der Waals surface area (Å²) in [5.41, 5.74) is -0.891. The Kier molecular flexibility index (Phi) is 3.98. The summed E-state index contributed by atoms with van der Waals surface area (Å²) in [4.78, 5) is 16.6. The minimum Gasteiger partial charge on any atom is -0.389 e. The summed E-state index contributed by atoms with van der Waals surface area (Å²) in [6.45, 7) is 0. The molecule has 1 amide bonds. The average molecular weight is 367 g/mol. The lowest BCUT2D eigenvalue weighted by atomic mass is 9.78. The van der Waals surface area contributed by atoms with Crippen LogP contribution in [0.3, 0.4) is 0 Å². The molecule has 2 saturated carbocycles. The largest absolute Gasteiger partial charge is 0.416 e. The van der Waals surface area contributed by atoms with E-state index in [0.29, 0.717) is 23.9 Å². The van der Waals surface area contributed by atoms with Crippen LogP contribution in [-0.4, -0.2) is 26.2 Å². The molecule has 0 bridgehead atoms. The fourth-order valence-corrected chi connectivity index (χ4v) is 3.60. The fraction of sp³-hybridized carbons (Fsp3) is 0.556. The lowest BCUT2D eigenvalue weighted by Gasteiger charge is -2.36. The maximum atomic E-state index is 13.1. The van der Waals surface area contributed by atoms with Crippen LogP contribution in [0, 0.1) is 0 Å². The highest BCUT2D eigenvalue weighted by Gasteiger charge is 2.37. The summed E-state index contributed by atoms with van der Waals surface area (Å²) in [7, 11) is 0. The number of nitrogens with one attached hydrogen (secondary N) is 1. The normalized spacial score (nSPS) is 19.8. The van der Waals surface area contributed by atoms with Crippen LogP contribution in [0.1, 0.15) is 56.6 Å². The van der Waals surface area contributed by atoms with Crippen LogP contribution in [0.25, 0.3) is 11.0 Å². The van der Waals surface area contributed by atoms with Gasteiger partial charge in [0.05, 0.1) is 28.6 Å². The number of alkyl halides is 3. The van der Waals surface area contributed by atoms with Crippen molar-refractivity contribution in [2.24, 2.45) is 0 Å². The number of nitrogens with zero attached hydrogens (tertiary/aromatic N) is 2. The SMILES string of the molecule is O=C(CC1(O)CCC1)Nc1nc2ccc(C(F)(F)F)cc2n1C1CCC1. The quantitative estimate of drug-likeness (QED) is 0.858. The van der Waals surface area contributed by atoms with Gasteiger partial charge in [0.15, 0.2) is 0 Å². The van der Waals surface area contributed by atoms with Crippen molar-refractivity contribution in [3.8, 4) is 0 Å². The molecule has 0 spiro atoms. The van der Waals surface area contributed by atoms with E-state index in [0.717, 1.165) is 37.8 Å². The smallest absolute Gasteiger partial charge is 0.389 e. The molecule has 2 aliphatic rings. The van der Waals surface area contributed by atoms with Crippen molar-refractivity contribution in [2.75, 3.05) is 5.32 Å². The summed E-state index contributed by atoms with van der Waals surface area (Å²) in [5, 5.41) is 12.9. The van der Waals surface area contributed by atoms with E-state index in [4.69, 9.17) is 0 Å². The van der Waals surface area contributed by atoms with E-state index in [1.165, 1.54) is 6.07 Å². The van der Waals surface area contributed by atoms with Gasteiger partial charge in [-0.2, -0.15) is 13.2 Å². The number of hydrogen-bond donors (Lipinski definition) is 2. The highest BCUT2D eigenvalue weighted by molar-refractivity contribution is 5.92. The first-order chi connectivity index (χ1) is 12.3. The van der Waals surface area contributed by atoms with Gasteiger partial charge in [0.1, 0.15) is 0 Å². The Morgan fingerprint density at radius 1 is 1.31 bits per heavy atom. The summed E-state index contributed by atoms with van der Waals surface area (Å²) in [6.07, 6.45) is 0.307. The van der Waals surface area contributed by atoms with Crippen molar-refractivity contribution < 1.29 is 23.1 Å². The van der Waals surface area contributed by atoms with Crippen molar-refractivity contribution in [1.82, 2.24) is 9.55 Å². The minimum atomic E-state index is -4.43. The molecule has 1 aromatic carbocycles. The number of amides is 1. The van der Waals surface area contributed by atoms with Crippen molar-refractivity contribution in [3.05, 3.63) is 23.8 Å². The maximum Gasteiger partial charge on any atom is 0.416 e. The number of rotatable bonds is 4. The topological polar surface area (TPSA) is 67.2 Å². The number of aromatic nitrogens is 2. The molecule has 1 heterocycles.